The number of nitrogens with one attached hydrogen (secondary N) is 1. The van der Waals surface area contributed by atoms with Crippen LogP contribution in [-0.4, -0.2) is 10.9 Å². The second kappa shape index (κ2) is 4.65. The zero-order valence-electron chi connectivity index (χ0n) is 9.40. The Morgan fingerprint density at radius 3 is 2.69 bits per heavy atom. The minimum absolute atomic E-state index is 0.0531. The Kier molecular flexibility index (Phi) is 3.24. The fourth-order valence-electron chi connectivity index (χ4n) is 2.28. The first-order valence-electron chi connectivity index (χ1n) is 5.63. The lowest BCUT2D eigenvalue weighted by atomic mass is 9.81. The quantitative estimate of drug-likeness (QED) is 0.449. The molecule has 3 N–H and O–H groups in total. The molecule has 0 aliphatic heterocycles. The van der Waals surface area contributed by atoms with Crippen LogP contribution in [0.3, 0.4) is 0 Å². The number of hydrazine groups is 1. The number of amides is 1. The highest BCUT2D eigenvalue weighted by atomic mass is 16.4. The molecular formula is C11H17N3O2. The molecule has 2 rings (SSSR count). The van der Waals surface area contributed by atoms with E-state index in [1.165, 1.54) is 0 Å². The van der Waals surface area contributed by atoms with Crippen molar-refractivity contribution in [3.63, 3.8) is 0 Å². The third kappa shape index (κ3) is 2.24. The Hall–Kier alpha value is -1.36. The molecule has 1 aromatic heterocycles. The Morgan fingerprint density at radius 1 is 1.50 bits per heavy atom. The van der Waals surface area contributed by atoms with Crippen molar-refractivity contribution in [2.75, 3.05) is 0 Å². The van der Waals surface area contributed by atoms with Crippen molar-refractivity contribution in [1.82, 2.24) is 10.4 Å². The average molecular weight is 223 g/mol. The lowest BCUT2D eigenvalue weighted by molar-refractivity contribution is -0.126. The molecule has 1 aromatic rings. The highest BCUT2D eigenvalue weighted by Crippen LogP contribution is 2.35. The van der Waals surface area contributed by atoms with E-state index >= 15 is 0 Å². The number of rotatable bonds is 2. The zero-order chi connectivity index (χ0) is 11.5. The van der Waals surface area contributed by atoms with E-state index in [1.54, 1.807) is 6.20 Å². The molecule has 1 saturated carbocycles. The molecule has 1 aliphatic rings. The summed E-state index contributed by atoms with van der Waals surface area (Å²) < 4.78 is 5.51. The SMILES string of the molecule is Cc1cnc(C2CCC(C(=O)NN)CC2)o1. The summed E-state index contributed by atoms with van der Waals surface area (Å²) in [5.41, 5.74) is 2.22. The summed E-state index contributed by atoms with van der Waals surface area (Å²) >= 11 is 0. The van der Waals surface area contributed by atoms with Crippen LogP contribution in [0.5, 0.6) is 0 Å². The van der Waals surface area contributed by atoms with Gasteiger partial charge in [-0.1, -0.05) is 0 Å². The van der Waals surface area contributed by atoms with E-state index in [4.69, 9.17) is 10.3 Å². The lowest BCUT2D eigenvalue weighted by Gasteiger charge is -2.25. The van der Waals surface area contributed by atoms with Gasteiger partial charge in [0, 0.05) is 11.8 Å². The second-order valence-electron chi connectivity index (χ2n) is 4.37. The summed E-state index contributed by atoms with van der Waals surface area (Å²) in [7, 11) is 0. The summed E-state index contributed by atoms with van der Waals surface area (Å²) in [6.45, 7) is 1.89. The van der Waals surface area contributed by atoms with Crippen LogP contribution < -0.4 is 11.3 Å². The fraction of sp³-hybridized carbons (Fsp3) is 0.636. The molecule has 1 fully saturated rings. The van der Waals surface area contributed by atoms with Crippen LogP contribution in [0, 0.1) is 12.8 Å². The average Bonchev–Trinajstić information content (AvgIpc) is 2.75. The van der Waals surface area contributed by atoms with E-state index in [0.717, 1.165) is 37.3 Å². The number of nitrogens with two attached hydrogens (primary N) is 1. The first-order chi connectivity index (χ1) is 7.70. The van der Waals surface area contributed by atoms with E-state index in [2.05, 4.69) is 10.4 Å². The maximum atomic E-state index is 11.3. The van der Waals surface area contributed by atoms with Gasteiger partial charge in [0.15, 0.2) is 5.89 Å². The van der Waals surface area contributed by atoms with Crippen molar-refractivity contribution in [1.29, 1.82) is 0 Å². The van der Waals surface area contributed by atoms with Crippen LogP contribution in [0.1, 0.15) is 43.3 Å². The highest BCUT2D eigenvalue weighted by Gasteiger charge is 2.28. The van der Waals surface area contributed by atoms with Crippen LogP contribution in [0.2, 0.25) is 0 Å². The van der Waals surface area contributed by atoms with Gasteiger partial charge in [0.2, 0.25) is 5.91 Å². The molecule has 0 aromatic carbocycles. The summed E-state index contributed by atoms with van der Waals surface area (Å²) in [6, 6.07) is 0. The molecular weight excluding hydrogens is 206 g/mol. The molecule has 1 aliphatic carbocycles. The topological polar surface area (TPSA) is 81.2 Å². The lowest BCUT2D eigenvalue weighted by Crippen LogP contribution is -2.37. The van der Waals surface area contributed by atoms with Crippen molar-refractivity contribution in [2.45, 2.75) is 38.5 Å². The van der Waals surface area contributed by atoms with E-state index in [9.17, 15) is 4.79 Å². The van der Waals surface area contributed by atoms with Crippen molar-refractivity contribution in [3.8, 4) is 0 Å². The third-order valence-corrected chi connectivity index (χ3v) is 3.23. The zero-order valence-corrected chi connectivity index (χ0v) is 9.40. The number of carbonyl (C=O) groups excluding carboxylic acids is 1. The smallest absolute Gasteiger partial charge is 0.236 e. The molecule has 16 heavy (non-hydrogen) atoms. The van der Waals surface area contributed by atoms with Crippen LogP contribution in [0.25, 0.3) is 0 Å². The monoisotopic (exact) mass is 223 g/mol. The third-order valence-electron chi connectivity index (χ3n) is 3.23. The number of hydrogen-bond donors (Lipinski definition) is 2. The maximum Gasteiger partial charge on any atom is 0.236 e. The van der Waals surface area contributed by atoms with E-state index in [1.807, 2.05) is 6.92 Å². The highest BCUT2D eigenvalue weighted by molar-refractivity contribution is 5.78. The Balaban J connectivity index is 1.92. The largest absolute Gasteiger partial charge is 0.446 e. The van der Waals surface area contributed by atoms with Crippen LogP contribution in [0.15, 0.2) is 10.6 Å². The molecule has 5 heteroatoms. The Bertz CT molecular complexity index is 367. The van der Waals surface area contributed by atoms with Gasteiger partial charge in [-0.3, -0.25) is 10.2 Å². The molecule has 0 saturated heterocycles. The van der Waals surface area contributed by atoms with Gasteiger partial charge < -0.3 is 4.42 Å². The van der Waals surface area contributed by atoms with Crippen molar-refractivity contribution in [2.24, 2.45) is 11.8 Å². The van der Waals surface area contributed by atoms with Crippen molar-refractivity contribution >= 4 is 5.91 Å². The van der Waals surface area contributed by atoms with Gasteiger partial charge in [-0.25, -0.2) is 10.8 Å². The molecule has 1 amide bonds. The molecule has 88 valence electrons. The van der Waals surface area contributed by atoms with E-state index in [-0.39, 0.29) is 11.8 Å². The number of hydrogen-bond acceptors (Lipinski definition) is 4. The molecule has 0 radical (unpaired) electrons. The summed E-state index contributed by atoms with van der Waals surface area (Å²) in [6.07, 6.45) is 5.34. The molecule has 5 nitrogen and oxygen atoms in total. The Labute approximate surface area is 94.4 Å². The predicted molar refractivity (Wildman–Crippen MR) is 58.3 cm³/mol. The minimum atomic E-state index is -0.0537. The molecule has 0 unspecified atom stereocenters. The van der Waals surface area contributed by atoms with Gasteiger partial charge >= 0.3 is 0 Å². The molecule has 0 spiro atoms. The van der Waals surface area contributed by atoms with Crippen molar-refractivity contribution < 1.29 is 9.21 Å². The number of nitrogens with zero attached hydrogens (tertiary/aromatic N) is 1. The maximum absolute atomic E-state index is 11.3. The van der Waals surface area contributed by atoms with Crippen molar-refractivity contribution in [3.05, 3.63) is 17.8 Å². The van der Waals surface area contributed by atoms with Crippen LogP contribution >= 0.6 is 0 Å². The molecule has 0 bridgehead atoms. The van der Waals surface area contributed by atoms with Gasteiger partial charge in [0.25, 0.3) is 0 Å². The summed E-state index contributed by atoms with van der Waals surface area (Å²) in [5.74, 6) is 7.13. The van der Waals surface area contributed by atoms with Gasteiger partial charge in [0.05, 0.1) is 6.20 Å². The Morgan fingerprint density at radius 2 is 2.19 bits per heavy atom. The first kappa shape index (κ1) is 11.1. The predicted octanol–water partition coefficient (Wildman–Crippen LogP) is 1.25. The molecule has 0 atom stereocenters. The number of carbonyl (C=O) groups is 1. The van der Waals surface area contributed by atoms with Gasteiger partial charge in [0.1, 0.15) is 5.76 Å². The van der Waals surface area contributed by atoms with Gasteiger partial charge in [-0.05, 0) is 32.6 Å². The standard InChI is InChI=1S/C11H17N3O2/c1-7-6-13-11(16-7)9-4-2-8(3-5-9)10(15)14-12/h6,8-9H,2-5,12H2,1H3,(H,14,15). The number of aryl methyl sites for hydroxylation is 1. The van der Waals surface area contributed by atoms with Crippen LogP contribution in [-0.2, 0) is 4.79 Å². The fourth-order valence-corrected chi connectivity index (χ4v) is 2.28. The van der Waals surface area contributed by atoms with Crippen LogP contribution in [0.4, 0.5) is 0 Å². The minimum Gasteiger partial charge on any atom is -0.446 e. The molecule has 1 heterocycles. The first-order valence-corrected chi connectivity index (χ1v) is 5.63. The van der Waals surface area contributed by atoms with E-state index in [0.29, 0.717) is 5.92 Å². The normalized spacial score (nSPS) is 25.4. The van der Waals surface area contributed by atoms with Gasteiger partial charge in [-0.15, -0.1) is 0 Å². The second-order valence-corrected chi connectivity index (χ2v) is 4.37. The number of oxazole rings is 1. The van der Waals surface area contributed by atoms with Gasteiger partial charge in [-0.2, -0.15) is 0 Å². The van der Waals surface area contributed by atoms with E-state index < -0.39 is 0 Å². The summed E-state index contributed by atoms with van der Waals surface area (Å²) in [5, 5.41) is 0. The number of aromatic nitrogens is 1. The summed E-state index contributed by atoms with van der Waals surface area (Å²) in [4.78, 5) is 15.6.